The average Bonchev–Trinajstić information content (AvgIpc) is 2.99. The van der Waals surface area contributed by atoms with Crippen LogP contribution in [0.15, 0.2) is 24.4 Å². The molecule has 5 nitrogen and oxygen atoms in total. The third-order valence-electron chi connectivity index (χ3n) is 3.72. The number of nitrogens with zero attached hydrogens (tertiary/aromatic N) is 2. The molecule has 10 heteroatoms. The van der Waals surface area contributed by atoms with Crippen LogP contribution in [0.5, 0.6) is 0 Å². The first-order valence-corrected chi connectivity index (χ1v) is 7.26. The molecule has 1 aromatic carbocycles. The lowest BCUT2D eigenvalue weighted by Gasteiger charge is -2.19. The van der Waals surface area contributed by atoms with E-state index in [4.69, 9.17) is 0 Å². The molecule has 0 radical (unpaired) electrons. The second-order valence-corrected chi connectivity index (χ2v) is 5.44. The lowest BCUT2D eigenvalue weighted by Crippen LogP contribution is -2.26. The molecule has 2 aromatic rings. The van der Waals surface area contributed by atoms with E-state index in [1.54, 1.807) is 6.07 Å². The van der Waals surface area contributed by atoms with Crippen molar-refractivity contribution in [3.05, 3.63) is 47.0 Å². The zero-order valence-corrected chi connectivity index (χ0v) is 13.7. The SMILES string of the molecule is Cl.O=C(Cn1ccc(C(F)(F)F)n1)Nc1ccc2c(c1F)CCNC2. The van der Waals surface area contributed by atoms with Crippen LogP contribution in [0.4, 0.5) is 23.2 Å². The first kappa shape index (κ1) is 19.2. The lowest BCUT2D eigenvalue weighted by atomic mass is 9.99. The summed E-state index contributed by atoms with van der Waals surface area (Å²) in [5, 5.41) is 8.78. The first-order chi connectivity index (χ1) is 11.3. The van der Waals surface area contributed by atoms with Crippen molar-refractivity contribution in [3.8, 4) is 0 Å². The molecular formula is C15H15ClF4N4O. The van der Waals surface area contributed by atoms with E-state index in [-0.39, 0.29) is 18.1 Å². The van der Waals surface area contributed by atoms with Gasteiger partial charge in [0.05, 0.1) is 5.69 Å². The summed E-state index contributed by atoms with van der Waals surface area (Å²) in [6, 6.07) is 3.94. The summed E-state index contributed by atoms with van der Waals surface area (Å²) < 4.78 is 52.7. The molecule has 1 aromatic heterocycles. The molecule has 0 saturated carbocycles. The highest BCUT2D eigenvalue weighted by molar-refractivity contribution is 5.90. The zero-order chi connectivity index (χ0) is 17.3. The summed E-state index contributed by atoms with van der Waals surface area (Å²) in [5.74, 6) is -1.15. The smallest absolute Gasteiger partial charge is 0.322 e. The Hall–Kier alpha value is -2.13. The molecule has 0 spiro atoms. The van der Waals surface area contributed by atoms with E-state index in [9.17, 15) is 22.4 Å². The van der Waals surface area contributed by atoms with Crippen molar-refractivity contribution in [2.75, 3.05) is 11.9 Å². The van der Waals surface area contributed by atoms with Crippen LogP contribution in [-0.4, -0.2) is 22.2 Å². The number of fused-ring (bicyclic) bond motifs is 1. The minimum Gasteiger partial charge on any atom is -0.322 e. The number of carbonyl (C=O) groups is 1. The quantitative estimate of drug-likeness (QED) is 0.807. The Kier molecular flexibility index (Phi) is 5.69. The number of nitrogens with one attached hydrogen (secondary N) is 2. The van der Waals surface area contributed by atoms with Gasteiger partial charge in [-0.05, 0) is 36.2 Å². The van der Waals surface area contributed by atoms with Gasteiger partial charge in [0.2, 0.25) is 5.91 Å². The number of anilines is 1. The van der Waals surface area contributed by atoms with Crippen LogP contribution < -0.4 is 10.6 Å². The zero-order valence-electron chi connectivity index (χ0n) is 12.9. The third-order valence-corrected chi connectivity index (χ3v) is 3.72. The average molecular weight is 379 g/mol. The van der Waals surface area contributed by atoms with E-state index in [0.717, 1.165) is 22.5 Å². The number of carbonyl (C=O) groups excluding carboxylic acids is 1. The van der Waals surface area contributed by atoms with Gasteiger partial charge in [-0.25, -0.2) is 4.39 Å². The van der Waals surface area contributed by atoms with Gasteiger partial charge in [-0.15, -0.1) is 12.4 Å². The number of benzene rings is 1. The van der Waals surface area contributed by atoms with Crippen LogP contribution in [-0.2, 0) is 30.5 Å². The molecule has 0 saturated heterocycles. The maximum absolute atomic E-state index is 14.4. The predicted molar refractivity (Wildman–Crippen MR) is 84.9 cm³/mol. The molecule has 136 valence electrons. The Morgan fingerprint density at radius 2 is 2.08 bits per heavy atom. The molecule has 1 aliphatic heterocycles. The number of halogens is 5. The van der Waals surface area contributed by atoms with Crippen molar-refractivity contribution in [1.82, 2.24) is 15.1 Å². The topological polar surface area (TPSA) is 59.0 Å². The Morgan fingerprint density at radius 3 is 2.76 bits per heavy atom. The van der Waals surface area contributed by atoms with Crippen molar-refractivity contribution in [2.24, 2.45) is 0 Å². The van der Waals surface area contributed by atoms with E-state index in [0.29, 0.717) is 25.1 Å². The van der Waals surface area contributed by atoms with Gasteiger partial charge in [-0.2, -0.15) is 18.3 Å². The van der Waals surface area contributed by atoms with Gasteiger partial charge in [-0.3, -0.25) is 9.48 Å². The summed E-state index contributed by atoms with van der Waals surface area (Å²) >= 11 is 0. The summed E-state index contributed by atoms with van der Waals surface area (Å²) in [7, 11) is 0. The fourth-order valence-corrected chi connectivity index (χ4v) is 2.57. The van der Waals surface area contributed by atoms with Crippen LogP contribution in [0.1, 0.15) is 16.8 Å². The molecule has 1 aliphatic rings. The van der Waals surface area contributed by atoms with Gasteiger partial charge in [0.1, 0.15) is 12.4 Å². The van der Waals surface area contributed by atoms with Crippen molar-refractivity contribution >= 4 is 24.0 Å². The lowest BCUT2D eigenvalue weighted by molar-refractivity contribution is -0.141. The van der Waals surface area contributed by atoms with Crippen molar-refractivity contribution < 1.29 is 22.4 Å². The molecule has 0 atom stereocenters. The number of alkyl halides is 3. The molecule has 0 unspecified atom stereocenters. The van der Waals surface area contributed by atoms with Gasteiger partial charge in [0.15, 0.2) is 5.69 Å². The predicted octanol–water partition coefficient (Wildman–Crippen LogP) is 2.75. The Bertz CT molecular complexity index is 775. The fourth-order valence-electron chi connectivity index (χ4n) is 2.57. The van der Waals surface area contributed by atoms with E-state index in [2.05, 4.69) is 15.7 Å². The molecule has 25 heavy (non-hydrogen) atoms. The van der Waals surface area contributed by atoms with Gasteiger partial charge in [-0.1, -0.05) is 6.07 Å². The number of hydrogen-bond donors (Lipinski definition) is 2. The maximum atomic E-state index is 14.4. The Morgan fingerprint density at radius 1 is 1.32 bits per heavy atom. The standard InChI is InChI=1S/C15H14F4N4O.ClH/c16-14-10-3-5-20-7-9(10)1-2-11(14)21-13(24)8-23-6-4-12(22-23)15(17,18)19;/h1-2,4,6,20H,3,5,7-8H2,(H,21,24);1H. The normalized spacial score (nSPS) is 13.8. The number of aromatic nitrogens is 2. The largest absolute Gasteiger partial charge is 0.435 e. The highest BCUT2D eigenvalue weighted by Gasteiger charge is 2.33. The van der Waals surface area contributed by atoms with Crippen LogP contribution in [0.2, 0.25) is 0 Å². The molecular weight excluding hydrogens is 364 g/mol. The number of amides is 1. The summed E-state index contributed by atoms with van der Waals surface area (Å²) in [5.41, 5.74) is 0.315. The second-order valence-electron chi connectivity index (χ2n) is 5.44. The first-order valence-electron chi connectivity index (χ1n) is 7.26. The number of hydrogen-bond acceptors (Lipinski definition) is 3. The van der Waals surface area contributed by atoms with Crippen molar-refractivity contribution in [2.45, 2.75) is 25.7 Å². The van der Waals surface area contributed by atoms with E-state index < -0.39 is 30.1 Å². The molecule has 0 fully saturated rings. The van der Waals surface area contributed by atoms with Crippen LogP contribution >= 0.6 is 12.4 Å². The Balaban J connectivity index is 0.00000225. The van der Waals surface area contributed by atoms with Gasteiger partial charge in [0, 0.05) is 12.7 Å². The highest BCUT2D eigenvalue weighted by Crippen LogP contribution is 2.27. The van der Waals surface area contributed by atoms with Gasteiger partial charge < -0.3 is 10.6 Å². The summed E-state index contributed by atoms with van der Waals surface area (Å²) in [6.07, 6.45) is -3.00. The summed E-state index contributed by atoms with van der Waals surface area (Å²) in [4.78, 5) is 11.9. The number of rotatable bonds is 3. The van der Waals surface area contributed by atoms with Gasteiger partial charge in [0.25, 0.3) is 0 Å². The maximum Gasteiger partial charge on any atom is 0.435 e. The van der Waals surface area contributed by atoms with Gasteiger partial charge >= 0.3 is 6.18 Å². The minimum absolute atomic E-state index is 0. The fraction of sp³-hybridized carbons (Fsp3) is 0.333. The van der Waals surface area contributed by atoms with E-state index in [1.165, 1.54) is 6.07 Å². The molecule has 0 bridgehead atoms. The van der Waals surface area contributed by atoms with Crippen LogP contribution in [0, 0.1) is 5.82 Å². The van der Waals surface area contributed by atoms with Crippen molar-refractivity contribution in [1.29, 1.82) is 0 Å². The summed E-state index contributed by atoms with van der Waals surface area (Å²) in [6.45, 7) is 0.775. The van der Waals surface area contributed by atoms with Crippen LogP contribution in [0.25, 0.3) is 0 Å². The molecule has 2 N–H and O–H groups in total. The highest BCUT2D eigenvalue weighted by atomic mass is 35.5. The minimum atomic E-state index is -4.57. The monoisotopic (exact) mass is 378 g/mol. The molecule has 0 aliphatic carbocycles. The molecule has 2 heterocycles. The Labute approximate surface area is 146 Å². The second kappa shape index (κ2) is 7.40. The van der Waals surface area contributed by atoms with E-state index in [1.807, 2.05) is 0 Å². The third kappa shape index (κ3) is 4.29. The van der Waals surface area contributed by atoms with Crippen LogP contribution in [0.3, 0.4) is 0 Å². The van der Waals surface area contributed by atoms with E-state index >= 15 is 0 Å². The molecule has 1 amide bonds. The molecule has 3 rings (SSSR count). The van der Waals surface area contributed by atoms with Crippen molar-refractivity contribution in [3.63, 3.8) is 0 Å².